The molecule has 39 heavy (non-hydrogen) atoms. The molecule has 3 aliphatic rings. The Bertz CT molecular complexity index is 1270. The van der Waals surface area contributed by atoms with Crippen molar-refractivity contribution in [3.63, 3.8) is 0 Å². The van der Waals surface area contributed by atoms with E-state index in [1.807, 2.05) is 0 Å². The van der Waals surface area contributed by atoms with Crippen LogP contribution in [0, 0.1) is 0 Å². The van der Waals surface area contributed by atoms with Crippen LogP contribution in [0.25, 0.3) is 5.76 Å². The van der Waals surface area contributed by atoms with Crippen molar-refractivity contribution >= 4 is 17.7 Å². The molecule has 1 aliphatic carbocycles. The number of aromatic hydroxyl groups is 3. The van der Waals surface area contributed by atoms with Crippen molar-refractivity contribution in [2.24, 2.45) is 0 Å². The first kappa shape index (κ1) is 27.6. The normalized spacial score (nSPS) is 28.3. The van der Waals surface area contributed by atoms with Gasteiger partial charge in [0.25, 0.3) is 0 Å². The van der Waals surface area contributed by atoms with Crippen LogP contribution in [-0.4, -0.2) is 106 Å². The van der Waals surface area contributed by atoms with Crippen molar-refractivity contribution in [3.05, 3.63) is 58.8 Å². The van der Waals surface area contributed by atoms with Gasteiger partial charge in [0, 0.05) is 24.3 Å². The Kier molecular flexibility index (Phi) is 7.60. The maximum absolute atomic E-state index is 11.6. The smallest absolute Gasteiger partial charge is 0.317 e. The molecule has 1 aromatic carbocycles. The number of aliphatic hydroxyl groups excluding tert-OH is 5. The van der Waals surface area contributed by atoms with Crippen molar-refractivity contribution < 1.29 is 74.5 Å². The van der Waals surface area contributed by atoms with Crippen LogP contribution in [0.15, 0.2) is 53.2 Å². The van der Waals surface area contributed by atoms with Crippen LogP contribution < -0.4 is 0 Å². The first-order chi connectivity index (χ1) is 18.3. The van der Waals surface area contributed by atoms with Crippen LogP contribution in [0.4, 0.5) is 0 Å². The number of carbonyl (C=O) groups excluding carboxylic acids is 1. The number of hydrogen-bond donors (Lipinski definition) is 9. The molecule has 0 aromatic heterocycles. The maximum atomic E-state index is 11.6. The van der Waals surface area contributed by atoms with Gasteiger partial charge in [-0.3, -0.25) is 9.59 Å². The van der Waals surface area contributed by atoms with Gasteiger partial charge in [-0.05, 0) is 0 Å². The summed E-state index contributed by atoms with van der Waals surface area (Å²) < 4.78 is 20.4. The van der Waals surface area contributed by atoms with E-state index < -0.39 is 79.0 Å². The minimum atomic E-state index is -1.88. The van der Waals surface area contributed by atoms with E-state index in [2.05, 4.69) is 4.74 Å². The number of hydrogen-bond acceptors (Lipinski definition) is 13. The quantitative estimate of drug-likeness (QED) is 0.0854. The summed E-state index contributed by atoms with van der Waals surface area (Å²) in [5, 5.41) is 89.7. The van der Waals surface area contributed by atoms with Crippen LogP contribution in [0.1, 0.15) is 12.0 Å². The number of carboxylic acids is 1. The molecule has 0 bridgehead atoms. The van der Waals surface area contributed by atoms with Gasteiger partial charge in [0.15, 0.2) is 17.2 Å². The Morgan fingerprint density at radius 1 is 0.949 bits per heavy atom. The molecule has 6 atom stereocenters. The number of ether oxygens (including phenoxy) is 4. The summed E-state index contributed by atoms with van der Waals surface area (Å²) in [6.07, 6.45) is -7.11. The average molecular weight is 553 g/mol. The predicted molar refractivity (Wildman–Crippen MR) is 125 cm³/mol. The van der Waals surface area contributed by atoms with Crippen LogP contribution in [-0.2, 0) is 23.8 Å². The van der Waals surface area contributed by atoms with Crippen LogP contribution >= 0.6 is 0 Å². The number of rotatable bonds is 7. The third-order valence-corrected chi connectivity index (χ3v) is 5.97. The number of fused-ring (bicyclic) bond motifs is 1. The van der Waals surface area contributed by atoms with E-state index in [1.54, 1.807) is 0 Å². The van der Waals surface area contributed by atoms with Crippen molar-refractivity contribution in [1.82, 2.24) is 0 Å². The number of phenols is 3. The minimum absolute atomic E-state index is 0.0138. The molecular formula is C24H25O15+. The fourth-order valence-corrected chi connectivity index (χ4v) is 4.03. The first-order valence-corrected chi connectivity index (χ1v) is 11.3. The molecule has 0 saturated carbocycles. The van der Waals surface area contributed by atoms with Gasteiger partial charge in [-0.2, -0.15) is 0 Å². The fraction of sp³-hybridized carbons (Fsp3) is 0.333. The number of allylic oxidation sites excluding steroid dienone is 2. The topological polar surface area (TPSA) is 257 Å². The van der Waals surface area contributed by atoms with E-state index in [9.17, 15) is 50.4 Å². The van der Waals surface area contributed by atoms with Gasteiger partial charge in [0.1, 0.15) is 49.0 Å². The highest BCUT2D eigenvalue weighted by Crippen LogP contribution is 2.41. The first-order valence-electron chi connectivity index (χ1n) is 11.3. The number of aliphatic carboxylic acids is 1. The summed E-state index contributed by atoms with van der Waals surface area (Å²) in [7, 11) is 0. The molecule has 0 spiro atoms. The average Bonchev–Trinajstić information content (AvgIpc) is 2.86. The summed E-state index contributed by atoms with van der Waals surface area (Å²) in [6, 6.07) is 2.05. The summed E-state index contributed by atoms with van der Waals surface area (Å²) >= 11 is 0. The summed E-state index contributed by atoms with van der Waals surface area (Å²) in [5.41, 5.74) is 0.115. The molecule has 1 unspecified atom stereocenters. The largest absolute Gasteiger partial charge is 0.571 e. The Morgan fingerprint density at radius 3 is 2.26 bits per heavy atom. The number of esters is 1. The molecule has 10 N–H and O–H groups in total. The molecule has 2 heterocycles. The zero-order valence-electron chi connectivity index (χ0n) is 19.8. The second-order valence-electron chi connectivity index (χ2n) is 8.76. The van der Waals surface area contributed by atoms with Gasteiger partial charge in [0.05, 0.1) is 17.2 Å². The van der Waals surface area contributed by atoms with E-state index in [4.69, 9.17) is 19.3 Å². The number of carboxylic acid groups (broad SMARTS) is 1. The Morgan fingerprint density at radius 2 is 1.62 bits per heavy atom. The molecule has 4 rings (SSSR count). The van der Waals surface area contributed by atoms with E-state index in [1.165, 1.54) is 12.2 Å². The van der Waals surface area contributed by atoms with Crippen molar-refractivity contribution in [1.29, 1.82) is 0 Å². The van der Waals surface area contributed by atoms with E-state index >= 15 is 0 Å². The number of phenolic OH excluding ortho intramolecular Hbond substituents is 3. The third-order valence-electron chi connectivity index (χ3n) is 5.97. The number of benzene rings is 1. The van der Waals surface area contributed by atoms with Crippen LogP contribution in [0.3, 0.4) is 0 Å². The van der Waals surface area contributed by atoms with Gasteiger partial charge < -0.3 is 64.9 Å². The highest BCUT2D eigenvalue weighted by molar-refractivity contribution is 5.90. The van der Waals surface area contributed by atoms with E-state index in [0.717, 1.165) is 18.2 Å². The number of aliphatic hydroxyl groups is 7. The van der Waals surface area contributed by atoms with E-state index in [0.29, 0.717) is 0 Å². The van der Waals surface area contributed by atoms with Gasteiger partial charge in [0.2, 0.25) is 18.2 Å². The summed E-state index contributed by atoms with van der Waals surface area (Å²) in [4.78, 5) is 22.3. The SMILES string of the molecule is O=C(O)CC(=O)OC[C@H]1O[C@@H](OC2=C(c3cc(O)c(O)c(O)c3)[OH+]C3C=C(O)C=C(O)C3=C2)[C@H](O)[C@@H](O)[C@@H]1O. The van der Waals surface area contributed by atoms with Gasteiger partial charge in [-0.15, -0.1) is 0 Å². The Balaban J connectivity index is 1.68. The second-order valence-corrected chi connectivity index (χ2v) is 8.76. The van der Waals surface area contributed by atoms with Gasteiger partial charge in [-0.1, -0.05) is 0 Å². The highest BCUT2D eigenvalue weighted by atomic mass is 16.7. The van der Waals surface area contributed by atoms with Crippen molar-refractivity contribution in [2.75, 3.05) is 6.61 Å². The molecule has 15 nitrogen and oxygen atoms in total. The second kappa shape index (κ2) is 10.7. The molecule has 2 aliphatic heterocycles. The predicted octanol–water partition coefficient (Wildman–Crippen LogP) is -0.952. The Labute approximate surface area is 218 Å². The molecule has 0 amide bonds. The number of carbonyl (C=O) groups is 2. The molecular weight excluding hydrogens is 528 g/mol. The third kappa shape index (κ3) is 5.70. The van der Waals surface area contributed by atoms with Gasteiger partial charge >= 0.3 is 17.7 Å². The van der Waals surface area contributed by atoms with Crippen LogP contribution in [0.2, 0.25) is 0 Å². The van der Waals surface area contributed by atoms with E-state index in [-0.39, 0.29) is 34.2 Å². The molecule has 15 heteroatoms. The van der Waals surface area contributed by atoms with Gasteiger partial charge in [-0.25, -0.2) is 0 Å². The fourth-order valence-electron chi connectivity index (χ4n) is 4.03. The molecule has 210 valence electrons. The lowest BCUT2D eigenvalue weighted by molar-refractivity contribution is -0.291. The molecule has 1 fully saturated rings. The Hall–Kier alpha value is -4.44. The lowest BCUT2D eigenvalue weighted by Crippen LogP contribution is -2.59. The van der Waals surface area contributed by atoms with Crippen molar-refractivity contribution in [3.8, 4) is 17.2 Å². The maximum Gasteiger partial charge on any atom is 0.317 e. The zero-order valence-corrected chi connectivity index (χ0v) is 19.8. The lowest BCUT2D eigenvalue weighted by atomic mass is 9.96. The monoisotopic (exact) mass is 553 g/mol. The summed E-state index contributed by atoms with van der Waals surface area (Å²) in [5.74, 6) is -5.90. The zero-order chi connectivity index (χ0) is 28.6. The summed E-state index contributed by atoms with van der Waals surface area (Å²) in [6.45, 7) is -0.705. The van der Waals surface area contributed by atoms with Crippen LogP contribution in [0.5, 0.6) is 17.2 Å². The molecule has 1 aromatic rings. The lowest BCUT2D eigenvalue weighted by Gasteiger charge is -2.40. The highest BCUT2D eigenvalue weighted by Gasteiger charge is 2.47. The molecule has 1 saturated heterocycles. The minimum Gasteiger partial charge on any atom is -0.571 e. The standard InChI is InChI=1S/C24H24O15/c25-9-3-11(26)10-5-15(23(37-14(10)4-9)8-1-12(27)19(32)13(28)2-8)38-24-22(35)21(34)20(33)16(39-24)7-36-18(31)6-17(29)30/h1-5,14,16,20-22,24-28,32-35H,6-7H2,(H,29,30)/p+1/t14?,16-,20-,21+,22-,24-/m1/s1. The molecule has 0 radical (unpaired) electrons. The van der Waals surface area contributed by atoms with Crippen molar-refractivity contribution in [2.45, 2.75) is 43.2 Å².